The molecule has 0 aliphatic carbocycles. The van der Waals surface area contributed by atoms with E-state index in [9.17, 15) is 34.5 Å². The average Bonchev–Trinajstić information content (AvgIpc) is 2.56. The van der Waals surface area contributed by atoms with E-state index in [1.807, 2.05) is 0 Å². The van der Waals surface area contributed by atoms with Gasteiger partial charge in [-0.15, -0.1) is 0 Å². The largest absolute Gasteiger partial charge is 0.479 e. The fourth-order valence-electron chi connectivity index (χ4n) is 11.8. The maximum atomic E-state index is 13.3. The number of hydrogen-bond donors (Lipinski definition) is 3. The molecular weight excluding hydrogens is 1090 g/mol. The van der Waals surface area contributed by atoms with E-state index in [1.165, 1.54) is 250 Å². The van der Waals surface area contributed by atoms with Crippen LogP contribution in [-0.2, 0) is 42.9 Å². The molecule has 1 fully saturated rings. The number of rotatable bonds is 66. The van der Waals surface area contributed by atoms with Gasteiger partial charge in [-0.2, -0.15) is 0 Å². The molecule has 0 saturated carbocycles. The zero-order valence-electron chi connectivity index (χ0n) is 56.8. The van der Waals surface area contributed by atoms with Crippen LogP contribution in [0.3, 0.4) is 0 Å². The lowest BCUT2D eigenvalue weighted by Crippen LogP contribution is -2.61. The SMILES string of the molecule is CCCCCCCC/C=C\CCCCCCCCCCCC(=O)OCC(COC1OC(C(=O)O)C(O)C(O)C1OC(=O)CCCCCCCCCCC/C=C\CCCCCCCC)OC(=O)CCCCCCCCCCCCCCCCCCCCC. The molecule has 87 heavy (non-hydrogen) atoms. The van der Waals surface area contributed by atoms with Gasteiger partial charge in [0.15, 0.2) is 24.6 Å². The van der Waals surface area contributed by atoms with Gasteiger partial charge in [0.2, 0.25) is 0 Å². The molecular formula is C75H138O12. The molecule has 0 aromatic carbocycles. The molecule has 3 N–H and O–H groups in total. The molecule has 0 aromatic rings. The number of aliphatic carboxylic acids is 1. The third-order valence-electron chi connectivity index (χ3n) is 17.5. The Labute approximate surface area is 534 Å². The number of allylic oxidation sites excluding steroid dienone is 4. The Morgan fingerprint density at radius 2 is 0.655 bits per heavy atom. The predicted molar refractivity (Wildman–Crippen MR) is 359 cm³/mol. The molecule has 1 rings (SSSR count). The minimum atomic E-state index is -1.90. The van der Waals surface area contributed by atoms with E-state index < -0.39 is 67.3 Å². The molecule has 0 spiro atoms. The van der Waals surface area contributed by atoms with Crippen LogP contribution >= 0.6 is 0 Å². The van der Waals surface area contributed by atoms with E-state index >= 15 is 0 Å². The number of carbonyl (C=O) groups is 4. The first-order valence-electron chi connectivity index (χ1n) is 37.3. The van der Waals surface area contributed by atoms with Crippen LogP contribution in [0.5, 0.6) is 0 Å². The van der Waals surface area contributed by atoms with E-state index in [0.29, 0.717) is 19.3 Å². The van der Waals surface area contributed by atoms with Crippen LogP contribution in [0.1, 0.15) is 380 Å². The zero-order valence-corrected chi connectivity index (χ0v) is 56.8. The molecule has 1 aliphatic heterocycles. The van der Waals surface area contributed by atoms with E-state index in [0.717, 1.165) is 70.6 Å². The Bertz CT molecular complexity index is 1600. The molecule has 1 saturated heterocycles. The number of carboxylic acid groups (broad SMARTS) is 1. The molecule has 1 heterocycles. The first-order valence-corrected chi connectivity index (χ1v) is 37.3. The van der Waals surface area contributed by atoms with E-state index in [2.05, 4.69) is 45.1 Å². The van der Waals surface area contributed by atoms with Crippen molar-refractivity contribution >= 4 is 23.9 Å². The van der Waals surface area contributed by atoms with Crippen LogP contribution in [0.25, 0.3) is 0 Å². The monoisotopic (exact) mass is 1230 g/mol. The zero-order chi connectivity index (χ0) is 63.1. The van der Waals surface area contributed by atoms with Gasteiger partial charge in [0.25, 0.3) is 0 Å². The lowest BCUT2D eigenvalue weighted by molar-refractivity contribution is -0.301. The third kappa shape index (κ3) is 52.5. The Balaban J connectivity index is 2.59. The highest BCUT2D eigenvalue weighted by Gasteiger charge is 2.50. The summed E-state index contributed by atoms with van der Waals surface area (Å²) in [7, 11) is 0. The summed E-state index contributed by atoms with van der Waals surface area (Å²) in [5.74, 6) is -3.07. The third-order valence-corrected chi connectivity index (χ3v) is 17.5. The highest BCUT2D eigenvalue weighted by Crippen LogP contribution is 2.27. The Morgan fingerprint density at radius 1 is 0.368 bits per heavy atom. The molecule has 12 heteroatoms. The van der Waals surface area contributed by atoms with Gasteiger partial charge >= 0.3 is 23.9 Å². The van der Waals surface area contributed by atoms with E-state index in [1.54, 1.807) is 0 Å². The molecule has 6 atom stereocenters. The number of esters is 3. The van der Waals surface area contributed by atoms with Gasteiger partial charge in [-0.25, -0.2) is 4.79 Å². The van der Waals surface area contributed by atoms with Crippen molar-refractivity contribution in [3.63, 3.8) is 0 Å². The topological polar surface area (TPSA) is 175 Å². The number of ether oxygens (including phenoxy) is 5. The first kappa shape index (κ1) is 82.2. The highest BCUT2D eigenvalue weighted by atomic mass is 16.7. The first-order chi connectivity index (χ1) is 42.6. The second kappa shape index (κ2) is 63.4. The fraction of sp³-hybridized carbons (Fsp3) is 0.893. The van der Waals surface area contributed by atoms with Gasteiger partial charge in [0.1, 0.15) is 18.8 Å². The quantitative estimate of drug-likeness (QED) is 0.0228. The number of carboxylic acids is 1. The van der Waals surface area contributed by atoms with Gasteiger partial charge in [0, 0.05) is 19.3 Å². The number of aliphatic hydroxyl groups excluding tert-OH is 2. The number of aliphatic hydroxyl groups is 2. The van der Waals surface area contributed by atoms with Crippen LogP contribution in [0.2, 0.25) is 0 Å². The van der Waals surface area contributed by atoms with Gasteiger partial charge in [-0.1, -0.05) is 315 Å². The molecule has 510 valence electrons. The highest BCUT2D eigenvalue weighted by molar-refractivity contribution is 5.74. The van der Waals surface area contributed by atoms with Gasteiger partial charge in [-0.3, -0.25) is 14.4 Å². The normalized spacial score (nSPS) is 17.4. The Hall–Kier alpha value is -2.80. The summed E-state index contributed by atoms with van der Waals surface area (Å²) >= 11 is 0. The van der Waals surface area contributed by atoms with E-state index in [4.69, 9.17) is 23.7 Å². The van der Waals surface area contributed by atoms with Gasteiger partial charge in [-0.05, 0) is 70.6 Å². The van der Waals surface area contributed by atoms with Crippen LogP contribution in [0.15, 0.2) is 24.3 Å². The summed E-state index contributed by atoms with van der Waals surface area (Å²) in [5, 5.41) is 31.7. The minimum absolute atomic E-state index is 0.0636. The molecule has 0 amide bonds. The van der Waals surface area contributed by atoms with Crippen LogP contribution in [0, 0.1) is 0 Å². The molecule has 0 aromatic heterocycles. The van der Waals surface area contributed by atoms with Crippen LogP contribution in [0.4, 0.5) is 0 Å². The summed E-state index contributed by atoms with van der Waals surface area (Å²) < 4.78 is 28.7. The summed E-state index contributed by atoms with van der Waals surface area (Å²) in [6, 6.07) is 0. The second-order valence-corrected chi connectivity index (χ2v) is 25.9. The second-order valence-electron chi connectivity index (χ2n) is 25.9. The molecule has 0 radical (unpaired) electrons. The Morgan fingerprint density at radius 3 is 0.977 bits per heavy atom. The minimum Gasteiger partial charge on any atom is -0.479 e. The van der Waals surface area contributed by atoms with Crippen molar-refractivity contribution in [2.75, 3.05) is 13.2 Å². The van der Waals surface area contributed by atoms with Crippen LogP contribution < -0.4 is 0 Å². The maximum Gasteiger partial charge on any atom is 0.335 e. The molecule has 1 aliphatic rings. The molecule has 6 unspecified atom stereocenters. The molecule has 0 bridgehead atoms. The average molecular weight is 1230 g/mol. The smallest absolute Gasteiger partial charge is 0.335 e. The lowest BCUT2D eigenvalue weighted by Gasteiger charge is -2.40. The maximum absolute atomic E-state index is 13.3. The summed E-state index contributed by atoms with van der Waals surface area (Å²) in [6.07, 6.45) is 64.1. The summed E-state index contributed by atoms with van der Waals surface area (Å²) in [4.78, 5) is 51.6. The summed E-state index contributed by atoms with van der Waals surface area (Å²) in [6.45, 7) is 6.08. The van der Waals surface area contributed by atoms with Crippen molar-refractivity contribution in [2.45, 2.75) is 417 Å². The van der Waals surface area contributed by atoms with Crippen molar-refractivity contribution < 1.29 is 58.2 Å². The van der Waals surface area contributed by atoms with Gasteiger partial charge < -0.3 is 39.0 Å². The van der Waals surface area contributed by atoms with E-state index in [-0.39, 0.29) is 25.9 Å². The predicted octanol–water partition coefficient (Wildman–Crippen LogP) is 20.9. The van der Waals surface area contributed by atoms with Crippen LogP contribution in [-0.4, -0.2) is 89.2 Å². The standard InChI is InChI=1S/C75H138O12/c1-4-7-10-13-16-19-22-25-28-31-34-37-40-43-46-49-52-55-58-61-67(76)83-64-66(85-68(77)62-59-56-53-50-47-44-41-38-35-32-29-26-23-20-17-14-11-8-5-2)65-84-75-73(71(80)70(79)72(87-75)74(81)82)86-69(78)63-60-57-54-51-48-45-42-39-36-33-30-27-24-21-18-15-12-9-6-3/h25,27-28,30,66,70-73,75,79-80H,4-24,26,29,31-65H2,1-3H3,(H,81,82)/b28-25-,30-27-. The fourth-order valence-corrected chi connectivity index (χ4v) is 11.8. The van der Waals surface area contributed by atoms with Gasteiger partial charge in [0.05, 0.1) is 6.61 Å². The number of carbonyl (C=O) groups excluding carboxylic acids is 3. The summed E-state index contributed by atoms with van der Waals surface area (Å²) in [5.41, 5.74) is 0. The Kier molecular flexibility index (Phi) is 59.9. The number of unbranched alkanes of at least 4 members (excludes halogenated alkanes) is 48. The van der Waals surface area contributed by atoms with Crippen molar-refractivity contribution in [2.24, 2.45) is 0 Å². The molecule has 12 nitrogen and oxygen atoms in total. The van der Waals surface area contributed by atoms with Crippen molar-refractivity contribution in [3.05, 3.63) is 24.3 Å². The van der Waals surface area contributed by atoms with Crippen molar-refractivity contribution in [1.29, 1.82) is 0 Å². The van der Waals surface area contributed by atoms with Crippen molar-refractivity contribution in [1.82, 2.24) is 0 Å². The van der Waals surface area contributed by atoms with Crippen molar-refractivity contribution in [3.8, 4) is 0 Å². The number of hydrogen-bond acceptors (Lipinski definition) is 11. The lowest BCUT2D eigenvalue weighted by atomic mass is 9.98.